The number of aromatic nitrogens is 1. The molecule has 6 nitrogen and oxygen atoms in total. The van der Waals surface area contributed by atoms with Crippen LogP contribution in [0.4, 0.5) is 0 Å². The van der Waals surface area contributed by atoms with Gasteiger partial charge in [0.2, 0.25) is 0 Å². The third kappa shape index (κ3) is 6.40. The van der Waals surface area contributed by atoms with Crippen molar-refractivity contribution in [2.24, 2.45) is 4.99 Å². The third-order valence-electron chi connectivity index (χ3n) is 6.62. The van der Waals surface area contributed by atoms with Gasteiger partial charge < -0.3 is 9.47 Å². The number of thiazole rings is 1. The number of hydrogen-bond acceptors (Lipinski definition) is 6. The van der Waals surface area contributed by atoms with Crippen LogP contribution in [0, 0.1) is 10.5 Å². The zero-order valence-corrected chi connectivity index (χ0v) is 28.8. The van der Waals surface area contributed by atoms with Gasteiger partial charge in [0, 0.05) is 25.6 Å². The fourth-order valence-corrected chi connectivity index (χ4v) is 7.83. The number of ether oxygens (including phenoxy) is 2. The maximum atomic E-state index is 14.1. The second-order valence-corrected chi connectivity index (χ2v) is 13.5. The van der Waals surface area contributed by atoms with Gasteiger partial charge in [0.1, 0.15) is 12.4 Å². The average Bonchev–Trinajstić information content (AvgIpc) is 3.23. The molecule has 0 aliphatic carbocycles. The van der Waals surface area contributed by atoms with Crippen molar-refractivity contribution in [2.75, 3.05) is 6.61 Å². The summed E-state index contributed by atoms with van der Waals surface area (Å²) < 4.78 is 15.4. The number of carbonyl (C=O) groups excluding carboxylic acids is 1. The Kier molecular flexibility index (Phi) is 9.63. The number of carbonyl (C=O) groups is 1. The zero-order valence-electron chi connectivity index (χ0n) is 22.7. The maximum absolute atomic E-state index is 14.1. The highest BCUT2D eigenvalue weighted by Crippen LogP contribution is 2.33. The minimum absolute atomic E-state index is 0.214. The Morgan fingerprint density at radius 2 is 1.88 bits per heavy atom. The Morgan fingerprint density at radius 3 is 2.57 bits per heavy atom. The van der Waals surface area contributed by atoms with Crippen molar-refractivity contribution in [1.29, 1.82) is 0 Å². The summed E-state index contributed by atoms with van der Waals surface area (Å²) in [5.41, 5.74) is 3.96. The van der Waals surface area contributed by atoms with Crippen molar-refractivity contribution in [1.82, 2.24) is 4.57 Å². The van der Waals surface area contributed by atoms with E-state index < -0.39 is 12.0 Å². The first-order valence-electron chi connectivity index (χ1n) is 12.9. The van der Waals surface area contributed by atoms with E-state index in [1.165, 1.54) is 11.3 Å². The highest BCUT2D eigenvalue weighted by atomic mass is 127. The fraction of sp³-hybridized carbons (Fsp3) is 0.194. The lowest BCUT2D eigenvalue weighted by Crippen LogP contribution is -2.39. The highest BCUT2D eigenvalue weighted by molar-refractivity contribution is 14.1. The second-order valence-electron chi connectivity index (χ2n) is 9.54. The number of fused-ring (bicyclic) bond motifs is 1. The summed E-state index contributed by atoms with van der Waals surface area (Å²) in [4.78, 5) is 32.4. The molecule has 0 saturated heterocycles. The van der Waals surface area contributed by atoms with Crippen LogP contribution in [0.1, 0.15) is 42.1 Å². The zero-order chi connectivity index (χ0) is 30.1. The molecular formula is C31H24BrCl2IN2O4S. The highest BCUT2D eigenvalue weighted by Gasteiger charge is 2.33. The Labute approximate surface area is 278 Å². The first-order valence-corrected chi connectivity index (χ1v) is 16.3. The molecule has 1 aromatic heterocycles. The van der Waals surface area contributed by atoms with E-state index in [2.05, 4.69) is 43.5 Å². The van der Waals surface area contributed by atoms with Crippen LogP contribution < -0.4 is 19.6 Å². The summed E-state index contributed by atoms with van der Waals surface area (Å²) in [7, 11) is 0. The van der Waals surface area contributed by atoms with Crippen LogP contribution in [-0.2, 0) is 16.1 Å². The van der Waals surface area contributed by atoms with E-state index in [0.717, 1.165) is 24.7 Å². The molecule has 0 fully saturated rings. The first kappa shape index (κ1) is 31.0. The monoisotopic (exact) mass is 796 g/mol. The summed E-state index contributed by atoms with van der Waals surface area (Å²) in [5.74, 6) is 0.117. The molecule has 42 heavy (non-hydrogen) atoms. The predicted octanol–water partition coefficient (Wildman–Crippen LogP) is 7.36. The van der Waals surface area contributed by atoms with Gasteiger partial charge in [-0.1, -0.05) is 86.4 Å². The minimum atomic E-state index is -0.673. The van der Waals surface area contributed by atoms with E-state index in [0.29, 0.717) is 42.0 Å². The van der Waals surface area contributed by atoms with E-state index >= 15 is 0 Å². The molecule has 0 N–H and O–H groups in total. The lowest BCUT2D eigenvalue weighted by molar-refractivity contribution is -0.139. The number of nitrogens with zero attached hydrogens (tertiary/aromatic N) is 2. The normalized spacial score (nSPS) is 14.9. The third-order valence-corrected chi connectivity index (χ3v) is 9.45. The molecule has 4 aromatic rings. The lowest BCUT2D eigenvalue weighted by atomic mass is 9.95. The predicted molar refractivity (Wildman–Crippen MR) is 179 cm³/mol. The van der Waals surface area contributed by atoms with Gasteiger partial charge in [0.05, 0.1) is 32.0 Å². The number of rotatable bonds is 7. The van der Waals surface area contributed by atoms with E-state index in [1.54, 1.807) is 36.6 Å². The molecule has 0 bridgehead atoms. The van der Waals surface area contributed by atoms with Gasteiger partial charge in [0.15, 0.2) is 4.80 Å². The Hall–Kier alpha value is -2.44. The molecule has 2 heterocycles. The minimum Gasteiger partial charge on any atom is -0.487 e. The smallest absolute Gasteiger partial charge is 0.338 e. The summed E-state index contributed by atoms with van der Waals surface area (Å²) >= 11 is 19.5. The number of halogens is 4. The topological polar surface area (TPSA) is 69.9 Å². The van der Waals surface area contributed by atoms with Crippen LogP contribution in [0.3, 0.4) is 0 Å². The molecular weight excluding hydrogens is 774 g/mol. The molecule has 1 aliphatic rings. The van der Waals surface area contributed by atoms with Crippen LogP contribution in [0.25, 0.3) is 6.08 Å². The quantitative estimate of drug-likeness (QED) is 0.145. The van der Waals surface area contributed by atoms with Crippen molar-refractivity contribution >= 4 is 85.1 Å². The average molecular weight is 798 g/mol. The van der Waals surface area contributed by atoms with E-state index in [9.17, 15) is 9.59 Å². The number of hydrogen-bond donors (Lipinski definition) is 0. The molecule has 216 valence electrons. The van der Waals surface area contributed by atoms with Crippen molar-refractivity contribution in [3.05, 3.63) is 126 Å². The lowest BCUT2D eigenvalue weighted by Gasteiger charge is -2.24. The van der Waals surface area contributed by atoms with Gasteiger partial charge in [-0.05, 0) is 79.3 Å². The van der Waals surface area contributed by atoms with E-state index in [-0.39, 0.29) is 18.8 Å². The second kappa shape index (κ2) is 13.1. The molecule has 0 amide bonds. The Bertz CT molecular complexity index is 1920. The molecule has 0 spiro atoms. The molecule has 0 radical (unpaired) electrons. The summed E-state index contributed by atoms with van der Waals surface area (Å²) in [6, 6.07) is 16.2. The van der Waals surface area contributed by atoms with Gasteiger partial charge in [-0.3, -0.25) is 9.36 Å². The largest absolute Gasteiger partial charge is 0.487 e. The maximum Gasteiger partial charge on any atom is 0.338 e. The van der Waals surface area contributed by atoms with Crippen LogP contribution in [0.5, 0.6) is 5.75 Å². The molecule has 0 saturated carbocycles. The molecule has 1 atom stereocenters. The summed E-state index contributed by atoms with van der Waals surface area (Å²) in [6.07, 6.45) is 1.80. The number of aryl methyl sites for hydroxylation is 1. The number of benzene rings is 3. The molecule has 11 heteroatoms. The fourth-order valence-electron chi connectivity index (χ4n) is 4.63. The van der Waals surface area contributed by atoms with E-state index in [4.69, 9.17) is 32.7 Å². The Balaban J connectivity index is 1.64. The van der Waals surface area contributed by atoms with Crippen LogP contribution in [0.2, 0.25) is 10.0 Å². The van der Waals surface area contributed by atoms with Gasteiger partial charge in [-0.25, -0.2) is 9.79 Å². The van der Waals surface area contributed by atoms with Crippen molar-refractivity contribution in [3.63, 3.8) is 0 Å². The SMILES string of the molecule is CCOC(=O)C1=C(C)N=c2s/c(=C\c3cc(Br)cc(I)c3OCc3ccc(Cl)cc3Cl)c(=O)n2[C@H]1c1ccc(C)cc1. The Morgan fingerprint density at radius 1 is 1.14 bits per heavy atom. The summed E-state index contributed by atoms with van der Waals surface area (Å²) in [6.45, 7) is 5.94. The van der Waals surface area contributed by atoms with Crippen LogP contribution in [0.15, 0.2) is 80.1 Å². The van der Waals surface area contributed by atoms with Gasteiger partial charge in [-0.15, -0.1) is 0 Å². The van der Waals surface area contributed by atoms with Crippen LogP contribution >= 0.6 is 73.1 Å². The van der Waals surface area contributed by atoms with Gasteiger partial charge in [-0.2, -0.15) is 0 Å². The first-order chi connectivity index (χ1) is 20.1. The van der Waals surface area contributed by atoms with Crippen LogP contribution in [-0.4, -0.2) is 17.1 Å². The summed E-state index contributed by atoms with van der Waals surface area (Å²) in [5, 5.41) is 1.05. The van der Waals surface area contributed by atoms with Gasteiger partial charge >= 0.3 is 5.97 Å². The van der Waals surface area contributed by atoms with Crippen molar-refractivity contribution < 1.29 is 14.3 Å². The number of allylic oxidation sites excluding steroid dienone is 1. The molecule has 3 aromatic carbocycles. The molecule has 5 rings (SSSR count). The van der Waals surface area contributed by atoms with Crippen molar-refractivity contribution in [2.45, 2.75) is 33.4 Å². The number of esters is 1. The van der Waals surface area contributed by atoms with Gasteiger partial charge in [0.25, 0.3) is 5.56 Å². The van der Waals surface area contributed by atoms with Crippen molar-refractivity contribution in [3.8, 4) is 5.75 Å². The molecule has 1 aliphatic heterocycles. The van der Waals surface area contributed by atoms with E-state index in [1.807, 2.05) is 49.4 Å². The standard InChI is InChI=1S/C31H24BrCl2IN2O4S/c1-4-40-30(39)26-17(3)36-31-37(27(26)18-7-5-16(2)6-8-18)29(38)25(42-31)12-20-11-21(32)13-24(35)28(20)41-15-19-9-10-22(33)14-23(19)34/h5-14,27H,4,15H2,1-3H3/b25-12-/t27-/m0/s1. The molecule has 0 unspecified atom stereocenters.